The Kier molecular flexibility index (Phi) is 7.26. The Labute approximate surface area is 210 Å². The maximum Gasteiger partial charge on any atom is 0.293 e. The Hall–Kier alpha value is -3.26. The molecule has 4 rings (SSSR count). The summed E-state index contributed by atoms with van der Waals surface area (Å²) < 4.78 is 5.11. The number of amides is 3. The monoisotopic (exact) mass is 512 g/mol. The number of imide groups is 1. The lowest BCUT2D eigenvalue weighted by atomic mass is 10.1. The number of rotatable bonds is 6. The second-order valence-electron chi connectivity index (χ2n) is 7.32. The molecular weight excluding hydrogens is 495 g/mol. The summed E-state index contributed by atoms with van der Waals surface area (Å²) in [6.45, 7) is 0.0941. The highest BCUT2D eigenvalue weighted by Crippen LogP contribution is 2.34. The Morgan fingerprint density at radius 3 is 2.50 bits per heavy atom. The average Bonchev–Trinajstić information content (AvgIpc) is 3.09. The van der Waals surface area contributed by atoms with Crippen molar-refractivity contribution in [3.05, 3.63) is 98.4 Å². The third kappa shape index (κ3) is 5.44. The molecule has 1 aliphatic heterocycles. The first-order valence-corrected chi connectivity index (χ1v) is 11.7. The van der Waals surface area contributed by atoms with E-state index in [9.17, 15) is 14.4 Å². The zero-order valence-electron chi connectivity index (χ0n) is 17.9. The van der Waals surface area contributed by atoms with Crippen molar-refractivity contribution in [1.82, 2.24) is 4.90 Å². The second-order valence-corrected chi connectivity index (χ2v) is 9.13. The maximum atomic E-state index is 12.9. The summed E-state index contributed by atoms with van der Waals surface area (Å²) in [5.41, 5.74) is 2.41. The number of benzene rings is 3. The molecule has 3 aromatic carbocycles. The molecule has 0 radical (unpaired) electrons. The largest absolute Gasteiger partial charge is 0.497 e. The first kappa shape index (κ1) is 23.9. The van der Waals surface area contributed by atoms with Gasteiger partial charge in [0, 0.05) is 11.3 Å². The van der Waals surface area contributed by atoms with Gasteiger partial charge in [0.25, 0.3) is 17.1 Å². The number of halogens is 2. The molecule has 172 valence electrons. The van der Waals surface area contributed by atoms with E-state index in [2.05, 4.69) is 5.32 Å². The van der Waals surface area contributed by atoms with Crippen LogP contribution in [0, 0.1) is 0 Å². The number of carbonyl (C=O) groups is 3. The van der Waals surface area contributed by atoms with Crippen LogP contribution in [0.2, 0.25) is 10.0 Å². The molecule has 1 saturated heterocycles. The van der Waals surface area contributed by atoms with E-state index in [0.717, 1.165) is 16.7 Å². The number of anilines is 1. The van der Waals surface area contributed by atoms with Crippen molar-refractivity contribution in [2.75, 3.05) is 12.4 Å². The van der Waals surface area contributed by atoms with Crippen LogP contribution in [0.4, 0.5) is 10.5 Å². The van der Waals surface area contributed by atoms with Gasteiger partial charge in [-0.3, -0.25) is 19.3 Å². The maximum absolute atomic E-state index is 12.9. The van der Waals surface area contributed by atoms with Crippen LogP contribution in [-0.2, 0) is 11.3 Å². The lowest BCUT2D eigenvalue weighted by Crippen LogP contribution is -2.27. The van der Waals surface area contributed by atoms with E-state index in [0.29, 0.717) is 43.1 Å². The molecule has 0 unspecified atom stereocenters. The summed E-state index contributed by atoms with van der Waals surface area (Å²) >= 11 is 12.8. The summed E-state index contributed by atoms with van der Waals surface area (Å²) in [6, 6.07) is 18.7. The highest BCUT2D eigenvalue weighted by atomic mass is 35.5. The molecule has 3 amide bonds. The predicted molar refractivity (Wildman–Crippen MR) is 135 cm³/mol. The third-order valence-corrected chi connectivity index (χ3v) is 6.64. The predicted octanol–water partition coefficient (Wildman–Crippen LogP) is 6.49. The van der Waals surface area contributed by atoms with E-state index >= 15 is 0 Å². The van der Waals surface area contributed by atoms with Gasteiger partial charge in [-0.2, -0.15) is 0 Å². The molecular formula is C25H18Cl2N2O4S. The molecule has 0 aliphatic carbocycles. The van der Waals surface area contributed by atoms with Crippen LogP contribution >= 0.6 is 35.0 Å². The lowest BCUT2D eigenvalue weighted by molar-refractivity contribution is -0.123. The van der Waals surface area contributed by atoms with Crippen molar-refractivity contribution in [1.29, 1.82) is 0 Å². The number of nitrogens with one attached hydrogen (secondary N) is 1. The van der Waals surface area contributed by atoms with Gasteiger partial charge in [0.05, 0.1) is 28.6 Å². The van der Waals surface area contributed by atoms with Crippen molar-refractivity contribution < 1.29 is 19.1 Å². The minimum Gasteiger partial charge on any atom is -0.497 e. The number of nitrogens with zero attached hydrogens (tertiary/aromatic N) is 1. The zero-order valence-corrected chi connectivity index (χ0v) is 20.2. The van der Waals surface area contributed by atoms with Crippen LogP contribution in [0.15, 0.2) is 71.6 Å². The molecule has 0 atom stereocenters. The Balaban J connectivity index is 1.47. The molecule has 6 nitrogen and oxygen atoms in total. The van der Waals surface area contributed by atoms with E-state index in [-0.39, 0.29) is 17.7 Å². The Morgan fingerprint density at radius 1 is 1.03 bits per heavy atom. The van der Waals surface area contributed by atoms with E-state index < -0.39 is 5.91 Å². The van der Waals surface area contributed by atoms with Gasteiger partial charge >= 0.3 is 0 Å². The van der Waals surface area contributed by atoms with Crippen LogP contribution in [-0.4, -0.2) is 29.1 Å². The van der Waals surface area contributed by atoms with E-state index in [1.54, 1.807) is 79.9 Å². The van der Waals surface area contributed by atoms with Gasteiger partial charge in [-0.15, -0.1) is 0 Å². The van der Waals surface area contributed by atoms with Gasteiger partial charge < -0.3 is 10.1 Å². The van der Waals surface area contributed by atoms with Gasteiger partial charge in [0.1, 0.15) is 5.75 Å². The summed E-state index contributed by atoms with van der Waals surface area (Å²) in [5.74, 6) is -0.0119. The van der Waals surface area contributed by atoms with E-state index in [1.807, 2.05) is 0 Å². The molecule has 9 heteroatoms. The van der Waals surface area contributed by atoms with E-state index in [4.69, 9.17) is 27.9 Å². The molecule has 0 bridgehead atoms. The topological polar surface area (TPSA) is 75.7 Å². The zero-order chi connectivity index (χ0) is 24.2. The van der Waals surface area contributed by atoms with Crippen LogP contribution in [0.3, 0.4) is 0 Å². The molecule has 1 fully saturated rings. The third-order valence-electron chi connectivity index (χ3n) is 4.99. The van der Waals surface area contributed by atoms with Gasteiger partial charge in [-0.25, -0.2) is 0 Å². The molecule has 1 N–H and O–H groups in total. The Bertz CT molecular complexity index is 1310. The number of hydrogen-bond acceptors (Lipinski definition) is 5. The fourth-order valence-electron chi connectivity index (χ4n) is 3.26. The van der Waals surface area contributed by atoms with Crippen molar-refractivity contribution in [3.8, 4) is 5.75 Å². The van der Waals surface area contributed by atoms with Crippen molar-refractivity contribution in [2.45, 2.75) is 6.54 Å². The fraction of sp³-hybridized carbons (Fsp3) is 0.0800. The normalized spacial score (nSPS) is 14.6. The van der Waals surface area contributed by atoms with E-state index in [1.165, 1.54) is 0 Å². The quantitative estimate of drug-likeness (QED) is 0.382. The number of ether oxygens (including phenoxy) is 1. The molecule has 0 saturated carbocycles. The minimum absolute atomic E-state index is 0.0941. The highest BCUT2D eigenvalue weighted by Gasteiger charge is 2.35. The summed E-state index contributed by atoms with van der Waals surface area (Å²) in [4.78, 5) is 39.3. The SMILES string of the molecule is COc1ccc(C(=O)Nc2cccc(/C=C3/SC(=O)N(Cc4ccc(Cl)c(Cl)c4)C3=O)c2)cc1. The fourth-order valence-corrected chi connectivity index (χ4v) is 4.42. The van der Waals surface area contributed by atoms with Gasteiger partial charge in [0.15, 0.2) is 0 Å². The van der Waals surface area contributed by atoms with Crippen molar-refractivity contribution >= 4 is 63.8 Å². The summed E-state index contributed by atoms with van der Waals surface area (Å²) in [5, 5.41) is 3.22. The highest BCUT2D eigenvalue weighted by molar-refractivity contribution is 8.18. The lowest BCUT2D eigenvalue weighted by Gasteiger charge is -2.13. The summed E-state index contributed by atoms with van der Waals surface area (Å²) in [6.07, 6.45) is 1.63. The molecule has 34 heavy (non-hydrogen) atoms. The number of methoxy groups -OCH3 is 1. The number of thioether (sulfide) groups is 1. The van der Waals surface area contributed by atoms with Gasteiger partial charge in [-0.05, 0) is 77.5 Å². The van der Waals surface area contributed by atoms with Gasteiger partial charge in [0.2, 0.25) is 0 Å². The minimum atomic E-state index is -0.395. The van der Waals surface area contributed by atoms with Crippen molar-refractivity contribution in [2.24, 2.45) is 0 Å². The van der Waals surface area contributed by atoms with Crippen LogP contribution < -0.4 is 10.1 Å². The number of carbonyl (C=O) groups excluding carboxylic acids is 3. The first-order chi connectivity index (χ1) is 16.3. The molecule has 0 spiro atoms. The van der Waals surface area contributed by atoms with Gasteiger partial charge in [-0.1, -0.05) is 41.4 Å². The molecule has 1 heterocycles. The smallest absolute Gasteiger partial charge is 0.293 e. The first-order valence-electron chi connectivity index (χ1n) is 10.1. The molecule has 1 aliphatic rings. The second kappa shape index (κ2) is 10.3. The molecule has 0 aromatic heterocycles. The standard InChI is InChI=1S/C25H18Cl2N2O4S/c1-33-19-8-6-17(7-9-19)23(30)28-18-4-2-3-15(11-18)13-22-24(31)29(25(32)34-22)14-16-5-10-20(26)21(27)12-16/h2-13H,14H2,1H3,(H,28,30)/b22-13+. The number of hydrogen-bond donors (Lipinski definition) is 1. The van der Waals surface area contributed by atoms with Crippen molar-refractivity contribution in [3.63, 3.8) is 0 Å². The Morgan fingerprint density at radius 2 is 1.79 bits per heavy atom. The summed E-state index contributed by atoms with van der Waals surface area (Å²) in [7, 11) is 1.56. The molecule has 3 aromatic rings. The van der Waals surface area contributed by atoms with Crippen LogP contribution in [0.5, 0.6) is 5.75 Å². The van der Waals surface area contributed by atoms with Crippen LogP contribution in [0.1, 0.15) is 21.5 Å². The average molecular weight is 513 g/mol. The van der Waals surface area contributed by atoms with Crippen LogP contribution in [0.25, 0.3) is 6.08 Å².